The standard InChI is InChI=1S/C31H25BClN5O/c32-26(17-34)30-37-28(25-7-3-4-8-27(25)33)16-29(38-30)35-18-20-9-11-21(12-10-20)19-36-31(39)24-14-13-22-5-1-2-6-23(22)15-24/h1-17H,18-19,34H2,(H,36,39)(H,35,37,38). The van der Waals surface area contributed by atoms with E-state index in [0.29, 0.717) is 41.0 Å². The first-order chi connectivity index (χ1) is 19.0. The Labute approximate surface area is 233 Å². The van der Waals surface area contributed by atoms with Crippen molar-refractivity contribution in [1.82, 2.24) is 15.3 Å². The van der Waals surface area contributed by atoms with Crippen LogP contribution in [0.4, 0.5) is 5.82 Å². The zero-order chi connectivity index (χ0) is 27.2. The van der Waals surface area contributed by atoms with Crippen molar-refractivity contribution in [2.75, 3.05) is 5.32 Å². The lowest BCUT2D eigenvalue weighted by molar-refractivity contribution is 0.0951. The first-order valence-electron chi connectivity index (χ1n) is 12.4. The Morgan fingerprint density at radius 3 is 2.28 bits per heavy atom. The molecule has 0 unspecified atom stereocenters. The molecule has 190 valence electrons. The molecule has 0 fully saturated rings. The van der Waals surface area contributed by atoms with E-state index in [9.17, 15) is 4.79 Å². The maximum Gasteiger partial charge on any atom is 0.251 e. The average molecular weight is 530 g/mol. The minimum absolute atomic E-state index is 0.105. The summed E-state index contributed by atoms with van der Waals surface area (Å²) in [5.74, 6) is 0.799. The minimum atomic E-state index is -0.105. The van der Waals surface area contributed by atoms with Crippen LogP contribution < -0.4 is 16.4 Å². The number of hydrogen-bond donors (Lipinski definition) is 3. The van der Waals surface area contributed by atoms with E-state index in [2.05, 4.69) is 20.6 Å². The van der Waals surface area contributed by atoms with Gasteiger partial charge in [-0.05, 0) is 51.8 Å². The Kier molecular flexibility index (Phi) is 7.90. The zero-order valence-corrected chi connectivity index (χ0v) is 21.8. The topological polar surface area (TPSA) is 92.9 Å². The largest absolute Gasteiger partial charge is 0.405 e. The number of anilines is 1. The maximum atomic E-state index is 12.7. The van der Waals surface area contributed by atoms with Gasteiger partial charge in [0.15, 0.2) is 0 Å². The molecule has 0 aliphatic carbocycles. The third kappa shape index (κ3) is 6.28. The molecule has 0 atom stereocenters. The van der Waals surface area contributed by atoms with Gasteiger partial charge in [-0.25, -0.2) is 9.97 Å². The van der Waals surface area contributed by atoms with Crippen LogP contribution in [0.5, 0.6) is 0 Å². The highest BCUT2D eigenvalue weighted by Crippen LogP contribution is 2.28. The molecule has 4 aromatic carbocycles. The number of benzene rings is 4. The van der Waals surface area contributed by atoms with Crippen molar-refractivity contribution in [1.29, 1.82) is 0 Å². The number of fused-ring (bicyclic) bond motifs is 1. The van der Waals surface area contributed by atoms with Crippen LogP contribution in [0, 0.1) is 0 Å². The van der Waals surface area contributed by atoms with Gasteiger partial charge in [0, 0.05) is 35.3 Å². The molecule has 4 N–H and O–H groups in total. The highest BCUT2D eigenvalue weighted by molar-refractivity contribution is 6.41. The van der Waals surface area contributed by atoms with E-state index in [1.807, 2.05) is 91.0 Å². The SMILES string of the molecule is [B]C(=CN)c1nc(NCc2ccc(CNC(=O)c3ccc4ccccc4c3)cc2)cc(-c2ccccc2Cl)n1. The fourth-order valence-corrected chi connectivity index (χ4v) is 4.36. The fraction of sp³-hybridized carbons (Fsp3) is 0.0645. The first-order valence-corrected chi connectivity index (χ1v) is 12.8. The van der Waals surface area contributed by atoms with Gasteiger partial charge in [-0.3, -0.25) is 4.79 Å². The molecule has 8 heteroatoms. The molecule has 1 heterocycles. The van der Waals surface area contributed by atoms with E-state index < -0.39 is 0 Å². The number of nitrogens with zero attached hydrogens (tertiary/aromatic N) is 2. The Morgan fingerprint density at radius 2 is 1.54 bits per heavy atom. The second-order valence-electron chi connectivity index (χ2n) is 8.98. The van der Waals surface area contributed by atoms with Crippen molar-refractivity contribution >= 4 is 47.4 Å². The molecule has 0 bridgehead atoms. The number of aromatic nitrogens is 2. The predicted molar refractivity (Wildman–Crippen MR) is 159 cm³/mol. The molecule has 6 nitrogen and oxygen atoms in total. The monoisotopic (exact) mass is 529 g/mol. The summed E-state index contributed by atoms with van der Waals surface area (Å²) in [5, 5.41) is 9.05. The van der Waals surface area contributed by atoms with Gasteiger partial charge in [-0.2, -0.15) is 0 Å². The molecule has 5 rings (SSSR count). The molecule has 2 radical (unpaired) electrons. The van der Waals surface area contributed by atoms with Crippen molar-refractivity contribution in [3.63, 3.8) is 0 Å². The van der Waals surface area contributed by atoms with Crippen molar-refractivity contribution in [2.45, 2.75) is 13.1 Å². The second-order valence-corrected chi connectivity index (χ2v) is 9.39. The van der Waals surface area contributed by atoms with Gasteiger partial charge in [0.2, 0.25) is 0 Å². The van der Waals surface area contributed by atoms with E-state index in [1.165, 1.54) is 6.20 Å². The molecule has 1 amide bonds. The summed E-state index contributed by atoms with van der Waals surface area (Å²) in [6, 6.07) is 31.0. The number of nitrogens with one attached hydrogen (secondary N) is 2. The fourth-order valence-electron chi connectivity index (χ4n) is 4.13. The number of hydrogen-bond acceptors (Lipinski definition) is 5. The highest BCUT2D eigenvalue weighted by atomic mass is 35.5. The Balaban J connectivity index is 1.24. The molecule has 0 spiro atoms. The predicted octanol–water partition coefficient (Wildman–Crippen LogP) is 5.92. The number of amides is 1. The summed E-state index contributed by atoms with van der Waals surface area (Å²) in [5.41, 5.74) is 9.96. The maximum absolute atomic E-state index is 12.7. The molecule has 0 saturated carbocycles. The number of carbonyl (C=O) groups is 1. The Bertz CT molecular complexity index is 1670. The molecule has 39 heavy (non-hydrogen) atoms. The molecule has 5 aromatic rings. The van der Waals surface area contributed by atoms with Crippen LogP contribution in [0.1, 0.15) is 27.3 Å². The number of nitrogens with two attached hydrogens (primary N) is 1. The molecular formula is C31H25BClN5O. The van der Waals surface area contributed by atoms with Crippen LogP contribution in [-0.4, -0.2) is 23.7 Å². The molecule has 0 saturated heterocycles. The summed E-state index contributed by atoms with van der Waals surface area (Å²) in [6.45, 7) is 0.953. The van der Waals surface area contributed by atoms with Crippen molar-refractivity contribution in [2.24, 2.45) is 5.73 Å². The minimum Gasteiger partial charge on any atom is -0.405 e. The Hall–Kier alpha value is -4.62. The van der Waals surface area contributed by atoms with Gasteiger partial charge >= 0.3 is 0 Å². The summed E-state index contributed by atoms with van der Waals surface area (Å²) in [7, 11) is 6.00. The third-order valence-electron chi connectivity index (χ3n) is 6.28. The van der Waals surface area contributed by atoms with Crippen LogP contribution in [0.15, 0.2) is 103 Å². The smallest absolute Gasteiger partial charge is 0.251 e. The highest BCUT2D eigenvalue weighted by Gasteiger charge is 2.11. The van der Waals surface area contributed by atoms with Crippen LogP contribution in [0.3, 0.4) is 0 Å². The molecule has 1 aromatic heterocycles. The van der Waals surface area contributed by atoms with Crippen molar-refractivity contribution in [3.8, 4) is 11.3 Å². The van der Waals surface area contributed by atoms with Crippen LogP contribution in [0.25, 0.3) is 27.5 Å². The van der Waals surface area contributed by atoms with E-state index in [4.69, 9.17) is 25.2 Å². The molecular weight excluding hydrogens is 505 g/mol. The summed E-state index contributed by atoms with van der Waals surface area (Å²) in [6.07, 6.45) is 1.27. The van der Waals surface area contributed by atoms with Gasteiger partial charge in [-0.1, -0.05) is 84.4 Å². The average Bonchev–Trinajstić information content (AvgIpc) is 2.98. The number of rotatable bonds is 8. The normalized spacial score (nSPS) is 11.4. The lowest BCUT2D eigenvalue weighted by atomic mass is 9.96. The number of halogens is 1. The zero-order valence-electron chi connectivity index (χ0n) is 21.1. The van der Waals surface area contributed by atoms with E-state index in [0.717, 1.165) is 27.5 Å². The summed E-state index contributed by atoms with van der Waals surface area (Å²) >= 11 is 6.39. The molecule has 0 aliphatic rings. The van der Waals surface area contributed by atoms with Crippen LogP contribution in [0.2, 0.25) is 5.02 Å². The van der Waals surface area contributed by atoms with E-state index in [1.54, 1.807) is 6.07 Å². The second kappa shape index (κ2) is 11.8. The summed E-state index contributed by atoms with van der Waals surface area (Å²) in [4.78, 5) is 21.7. The van der Waals surface area contributed by atoms with Crippen LogP contribution in [-0.2, 0) is 13.1 Å². The molecule has 0 aliphatic heterocycles. The summed E-state index contributed by atoms with van der Waals surface area (Å²) < 4.78 is 0. The van der Waals surface area contributed by atoms with Crippen LogP contribution >= 0.6 is 11.6 Å². The lowest BCUT2D eigenvalue weighted by Gasteiger charge is -2.12. The van der Waals surface area contributed by atoms with Gasteiger partial charge in [0.25, 0.3) is 5.91 Å². The first kappa shape index (κ1) is 26.0. The van der Waals surface area contributed by atoms with E-state index in [-0.39, 0.29) is 11.4 Å². The lowest BCUT2D eigenvalue weighted by Crippen LogP contribution is -2.22. The quantitative estimate of drug-likeness (QED) is 0.217. The van der Waals surface area contributed by atoms with Gasteiger partial charge in [-0.15, -0.1) is 0 Å². The third-order valence-corrected chi connectivity index (χ3v) is 6.60. The van der Waals surface area contributed by atoms with Gasteiger partial charge in [0.05, 0.1) is 5.69 Å². The van der Waals surface area contributed by atoms with E-state index >= 15 is 0 Å². The van der Waals surface area contributed by atoms with Crippen molar-refractivity contribution < 1.29 is 4.79 Å². The van der Waals surface area contributed by atoms with Crippen molar-refractivity contribution in [3.05, 3.63) is 131 Å². The van der Waals surface area contributed by atoms with Gasteiger partial charge in [0.1, 0.15) is 19.5 Å². The number of carbonyl (C=O) groups excluding carboxylic acids is 1. The van der Waals surface area contributed by atoms with Gasteiger partial charge < -0.3 is 16.4 Å². The Morgan fingerprint density at radius 1 is 0.846 bits per heavy atom.